The predicted molar refractivity (Wildman–Crippen MR) is 115 cm³/mol. The maximum atomic E-state index is 12.8. The van der Waals surface area contributed by atoms with Gasteiger partial charge in [0.15, 0.2) is 5.65 Å². The molecule has 1 saturated heterocycles. The van der Waals surface area contributed by atoms with Gasteiger partial charge in [0, 0.05) is 42.5 Å². The van der Waals surface area contributed by atoms with Crippen LogP contribution in [0.4, 0.5) is 5.82 Å². The number of nitrogens with zero attached hydrogens (tertiary/aromatic N) is 5. The van der Waals surface area contributed by atoms with Crippen molar-refractivity contribution in [3.8, 4) is 0 Å². The average Bonchev–Trinajstić information content (AvgIpc) is 3.22. The van der Waals surface area contributed by atoms with E-state index in [1.165, 1.54) is 0 Å². The fourth-order valence-electron chi connectivity index (χ4n) is 4.11. The highest BCUT2D eigenvalue weighted by Gasteiger charge is 2.30. The Bertz CT molecular complexity index is 1030. The highest BCUT2D eigenvalue weighted by Crippen LogP contribution is 2.34. The number of fused-ring (bicyclic) bond motifs is 1. The second-order valence-electron chi connectivity index (χ2n) is 9.16. The molecule has 8 heteroatoms. The minimum absolute atomic E-state index is 0.0843. The molecule has 0 atom stereocenters. The SMILES string of the molecule is Cc1noc(C)c1CC(=O)N1CCC(c2nc3cnccn3c2NC(C)(C)C)CC1. The molecule has 0 saturated carbocycles. The molecule has 1 amide bonds. The second-order valence-corrected chi connectivity index (χ2v) is 9.16. The van der Waals surface area contributed by atoms with E-state index in [2.05, 4.69) is 40.6 Å². The number of aromatic nitrogens is 4. The first kappa shape index (κ1) is 20.4. The largest absolute Gasteiger partial charge is 0.365 e. The normalized spacial score (nSPS) is 15.7. The molecule has 0 radical (unpaired) electrons. The quantitative estimate of drug-likeness (QED) is 0.708. The highest BCUT2D eigenvalue weighted by molar-refractivity contribution is 5.79. The second kappa shape index (κ2) is 7.74. The van der Waals surface area contributed by atoms with E-state index in [-0.39, 0.29) is 11.4 Å². The Labute approximate surface area is 176 Å². The van der Waals surface area contributed by atoms with E-state index in [1.807, 2.05) is 24.9 Å². The Morgan fingerprint density at radius 1 is 1.27 bits per heavy atom. The maximum absolute atomic E-state index is 12.8. The van der Waals surface area contributed by atoms with Crippen molar-refractivity contribution >= 4 is 17.4 Å². The molecule has 3 aromatic heterocycles. The molecule has 1 aliphatic rings. The molecule has 160 valence electrons. The van der Waals surface area contributed by atoms with Gasteiger partial charge in [-0.15, -0.1) is 0 Å². The Morgan fingerprint density at radius 2 is 2.00 bits per heavy atom. The summed E-state index contributed by atoms with van der Waals surface area (Å²) >= 11 is 0. The molecule has 3 aromatic rings. The number of aryl methyl sites for hydroxylation is 2. The first-order valence-electron chi connectivity index (χ1n) is 10.5. The Kier molecular flexibility index (Phi) is 5.26. The van der Waals surface area contributed by atoms with E-state index >= 15 is 0 Å². The van der Waals surface area contributed by atoms with Gasteiger partial charge in [-0.2, -0.15) is 0 Å². The lowest BCUT2D eigenvalue weighted by molar-refractivity contribution is -0.131. The lowest BCUT2D eigenvalue weighted by atomic mass is 9.92. The number of amides is 1. The van der Waals surface area contributed by atoms with Crippen molar-refractivity contribution in [2.24, 2.45) is 0 Å². The lowest BCUT2D eigenvalue weighted by Crippen LogP contribution is -2.39. The van der Waals surface area contributed by atoms with Gasteiger partial charge in [-0.25, -0.2) is 4.98 Å². The number of nitrogens with one attached hydrogen (secondary N) is 1. The molecule has 0 spiro atoms. The van der Waals surface area contributed by atoms with Gasteiger partial charge < -0.3 is 14.7 Å². The molecule has 4 rings (SSSR count). The van der Waals surface area contributed by atoms with Gasteiger partial charge in [0.2, 0.25) is 5.91 Å². The van der Waals surface area contributed by atoms with E-state index in [0.717, 1.165) is 60.1 Å². The third kappa shape index (κ3) is 4.04. The summed E-state index contributed by atoms with van der Waals surface area (Å²) in [4.78, 5) is 23.9. The summed E-state index contributed by atoms with van der Waals surface area (Å²) in [5.74, 6) is 2.19. The first-order chi connectivity index (χ1) is 14.2. The maximum Gasteiger partial charge on any atom is 0.227 e. The van der Waals surface area contributed by atoms with Crippen LogP contribution in [0.3, 0.4) is 0 Å². The number of hydrogen-bond donors (Lipinski definition) is 1. The predicted octanol–water partition coefficient (Wildman–Crippen LogP) is 3.49. The van der Waals surface area contributed by atoms with Crippen molar-refractivity contribution < 1.29 is 9.32 Å². The van der Waals surface area contributed by atoms with Crippen molar-refractivity contribution in [3.05, 3.63) is 41.3 Å². The Morgan fingerprint density at radius 3 is 2.63 bits per heavy atom. The fraction of sp³-hybridized carbons (Fsp3) is 0.545. The summed E-state index contributed by atoms with van der Waals surface area (Å²) in [7, 11) is 0. The van der Waals surface area contributed by atoms with Crippen molar-refractivity contribution in [2.75, 3.05) is 18.4 Å². The van der Waals surface area contributed by atoms with Gasteiger partial charge in [0.1, 0.15) is 11.6 Å². The number of piperidine rings is 1. The van der Waals surface area contributed by atoms with Gasteiger partial charge in [0.05, 0.1) is 24.0 Å². The number of imidazole rings is 1. The van der Waals surface area contributed by atoms with E-state index < -0.39 is 0 Å². The molecule has 0 unspecified atom stereocenters. The van der Waals surface area contributed by atoms with Gasteiger partial charge in [-0.05, 0) is 47.5 Å². The number of anilines is 1. The Hall–Kier alpha value is -2.90. The van der Waals surface area contributed by atoms with Crippen LogP contribution >= 0.6 is 0 Å². The lowest BCUT2D eigenvalue weighted by Gasteiger charge is -2.32. The van der Waals surface area contributed by atoms with Crippen LogP contribution in [0.25, 0.3) is 5.65 Å². The molecule has 1 aliphatic heterocycles. The summed E-state index contributed by atoms with van der Waals surface area (Å²) in [5, 5.41) is 7.58. The number of rotatable bonds is 4. The number of carbonyl (C=O) groups excluding carboxylic acids is 1. The van der Waals surface area contributed by atoms with Crippen LogP contribution in [0.15, 0.2) is 23.1 Å². The van der Waals surface area contributed by atoms with Crippen molar-refractivity contribution in [3.63, 3.8) is 0 Å². The summed E-state index contributed by atoms with van der Waals surface area (Å²) < 4.78 is 7.27. The molecule has 4 heterocycles. The van der Waals surface area contributed by atoms with E-state index in [9.17, 15) is 4.79 Å². The third-order valence-corrected chi connectivity index (χ3v) is 5.69. The zero-order valence-electron chi connectivity index (χ0n) is 18.4. The van der Waals surface area contributed by atoms with Gasteiger partial charge in [-0.3, -0.25) is 14.2 Å². The minimum atomic E-state index is -0.0843. The van der Waals surface area contributed by atoms with Crippen LogP contribution in [0, 0.1) is 13.8 Å². The molecule has 8 nitrogen and oxygen atoms in total. The topological polar surface area (TPSA) is 88.6 Å². The standard InChI is InChI=1S/C22H30N6O2/c1-14-17(15(2)30-26-14)12-19(29)27-9-6-16(7-10-27)20-21(25-22(3,4)5)28-11-8-23-13-18(28)24-20/h8,11,13,16,25H,6-7,9-10,12H2,1-5H3. The summed E-state index contributed by atoms with van der Waals surface area (Å²) in [5.41, 5.74) is 3.53. The summed E-state index contributed by atoms with van der Waals surface area (Å²) in [6, 6.07) is 0. The zero-order chi connectivity index (χ0) is 21.5. The van der Waals surface area contributed by atoms with Crippen molar-refractivity contribution in [1.82, 2.24) is 24.4 Å². The molecular weight excluding hydrogens is 380 g/mol. The van der Waals surface area contributed by atoms with E-state index in [1.54, 1.807) is 12.4 Å². The third-order valence-electron chi connectivity index (χ3n) is 5.69. The Balaban J connectivity index is 1.49. The van der Waals surface area contributed by atoms with E-state index in [0.29, 0.717) is 12.3 Å². The number of likely N-dealkylation sites (tertiary alicyclic amines) is 1. The number of hydrogen-bond acceptors (Lipinski definition) is 6. The van der Waals surface area contributed by atoms with Crippen LogP contribution < -0.4 is 5.32 Å². The highest BCUT2D eigenvalue weighted by atomic mass is 16.5. The monoisotopic (exact) mass is 410 g/mol. The molecule has 1 fully saturated rings. The fourth-order valence-corrected chi connectivity index (χ4v) is 4.11. The van der Waals surface area contributed by atoms with Gasteiger partial charge in [0.25, 0.3) is 0 Å². The van der Waals surface area contributed by atoms with Crippen LogP contribution in [0.5, 0.6) is 0 Å². The van der Waals surface area contributed by atoms with Crippen LogP contribution in [-0.4, -0.2) is 49.0 Å². The molecule has 0 aliphatic carbocycles. The smallest absolute Gasteiger partial charge is 0.227 e. The average molecular weight is 411 g/mol. The van der Waals surface area contributed by atoms with E-state index in [4.69, 9.17) is 9.51 Å². The zero-order valence-corrected chi connectivity index (χ0v) is 18.4. The van der Waals surface area contributed by atoms with Gasteiger partial charge in [-0.1, -0.05) is 5.16 Å². The summed E-state index contributed by atoms with van der Waals surface area (Å²) in [6.45, 7) is 11.6. The summed E-state index contributed by atoms with van der Waals surface area (Å²) in [6.07, 6.45) is 7.65. The number of carbonyl (C=O) groups is 1. The van der Waals surface area contributed by atoms with Crippen LogP contribution in [0.1, 0.15) is 62.2 Å². The molecule has 30 heavy (non-hydrogen) atoms. The van der Waals surface area contributed by atoms with Gasteiger partial charge >= 0.3 is 0 Å². The molecule has 0 bridgehead atoms. The molecular formula is C22H30N6O2. The first-order valence-corrected chi connectivity index (χ1v) is 10.5. The molecule has 0 aromatic carbocycles. The minimum Gasteiger partial charge on any atom is -0.365 e. The van der Waals surface area contributed by atoms with Crippen LogP contribution in [0.2, 0.25) is 0 Å². The molecule has 1 N–H and O–H groups in total. The van der Waals surface area contributed by atoms with Crippen molar-refractivity contribution in [1.29, 1.82) is 0 Å². The van der Waals surface area contributed by atoms with Crippen molar-refractivity contribution in [2.45, 2.75) is 65.3 Å². The van der Waals surface area contributed by atoms with Crippen LogP contribution in [-0.2, 0) is 11.2 Å².